The van der Waals surface area contributed by atoms with Crippen molar-refractivity contribution in [2.24, 2.45) is 5.92 Å². The molecule has 0 radical (unpaired) electrons. The van der Waals surface area contributed by atoms with Crippen LogP contribution in [-0.4, -0.2) is 25.2 Å². The van der Waals surface area contributed by atoms with E-state index < -0.39 is 22.0 Å². The van der Waals surface area contributed by atoms with Gasteiger partial charge in [-0.2, -0.15) is 0 Å². The van der Waals surface area contributed by atoms with Gasteiger partial charge in [0.2, 0.25) is 0 Å². The Morgan fingerprint density at radius 3 is 2.75 bits per heavy atom. The van der Waals surface area contributed by atoms with E-state index in [1.54, 1.807) is 12.2 Å². The topological polar surface area (TPSA) is 107 Å². The molecule has 2 rings (SSSR count). The van der Waals surface area contributed by atoms with Gasteiger partial charge in [0.25, 0.3) is 5.56 Å². The lowest BCUT2D eigenvalue weighted by Crippen LogP contribution is -2.33. The molecule has 1 aromatic rings. The molecule has 0 aromatic carbocycles. The lowest BCUT2D eigenvalue weighted by molar-refractivity contribution is 0.474. The van der Waals surface area contributed by atoms with Crippen LogP contribution in [0.15, 0.2) is 56.6 Å². The Kier molecular flexibility index (Phi) is 6.00. The molecule has 1 aromatic heterocycles. The summed E-state index contributed by atoms with van der Waals surface area (Å²) in [6, 6.07) is 1.24. The summed E-state index contributed by atoms with van der Waals surface area (Å²) in [4.78, 5) is 25.1. The molecule has 1 heterocycles. The van der Waals surface area contributed by atoms with Crippen LogP contribution >= 0.6 is 10.8 Å². The molecular weight excluding hydrogens is 330 g/mol. The lowest BCUT2D eigenvalue weighted by Gasteiger charge is -2.33. The van der Waals surface area contributed by atoms with Crippen molar-refractivity contribution in [1.82, 2.24) is 14.3 Å². The molecule has 0 aliphatic heterocycles. The van der Waals surface area contributed by atoms with E-state index in [0.29, 0.717) is 10.8 Å². The third-order valence-corrected chi connectivity index (χ3v) is 5.26. The van der Waals surface area contributed by atoms with E-state index in [9.17, 15) is 18.7 Å². The standard InChI is InChI=1S/C16H23N3O4S/c1-12(2)13-4-3-5-14(7-6-13)24(22,23)17-9-11-19-10-8-15(20)18-16(19)21/h3,5-8,10,12,17,22-23H,4,9,11H2,1-2H3,(H,18,20,21). The van der Waals surface area contributed by atoms with Crippen LogP contribution in [0.4, 0.5) is 0 Å². The summed E-state index contributed by atoms with van der Waals surface area (Å²) in [5.41, 5.74) is 0.227. The molecule has 4 N–H and O–H groups in total. The summed E-state index contributed by atoms with van der Waals surface area (Å²) in [5.74, 6) is 0.395. The highest BCUT2D eigenvalue weighted by atomic mass is 32.3. The first-order chi connectivity index (χ1) is 11.3. The van der Waals surface area contributed by atoms with Gasteiger partial charge < -0.3 is 0 Å². The van der Waals surface area contributed by atoms with Crippen LogP contribution in [0.5, 0.6) is 0 Å². The molecule has 0 bridgehead atoms. The maximum absolute atomic E-state index is 11.6. The van der Waals surface area contributed by atoms with Gasteiger partial charge in [-0.15, -0.1) is 10.8 Å². The minimum Gasteiger partial charge on any atom is -0.299 e. The molecular formula is C16H23N3O4S. The van der Waals surface area contributed by atoms with Gasteiger partial charge in [0.15, 0.2) is 0 Å². The highest BCUT2D eigenvalue weighted by Crippen LogP contribution is 2.44. The smallest absolute Gasteiger partial charge is 0.299 e. The number of hydrogen-bond acceptors (Lipinski definition) is 5. The number of H-pyrrole nitrogens is 1. The highest BCUT2D eigenvalue weighted by Gasteiger charge is 2.17. The summed E-state index contributed by atoms with van der Waals surface area (Å²) in [5, 5.41) is 0. The van der Waals surface area contributed by atoms with Crippen LogP contribution < -0.4 is 16.0 Å². The summed E-state index contributed by atoms with van der Waals surface area (Å²) >= 11 is 0. The van der Waals surface area contributed by atoms with Crippen molar-refractivity contribution in [2.75, 3.05) is 6.54 Å². The average Bonchev–Trinajstić information content (AvgIpc) is 2.76. The van der Waals surface area contributed by atoms with Crippen molar-refractivity contribution >= 4 is 10.8 Å². The predicted molar refractivity (Wildman–Crippen MR) is 96.9 cm³/mol. The van der Waals surface area contributed by atoms with Crippen molar-refractivity contribution in [3.8, 4) is 0 Å². The van der Waals surface area contributed by atoms with E-state index in [1.165, 1.54) is 22.4 Å². The van der Waals surface area contributed by atoms with Crippen molar-refractivity contribution < 1.29 is 9.11 Å². The van der Waals surface area contributed by atoms with E-state index >= 15 is 0 Å². The molecule has 1 aliphatic carbocycles. The quantitative estimate of drug-likeness (QED) is 0.627. The molecule has 0 unspecified atom stereocenters. The first-order valence-corrected chi connectivity index (χ1v) is 9.24. The second-order valence-electron chi connectivity index (χ2n) is 5.82. The Hall–Kier alpha value is -1.87. The second-order valence-corrected chi connectivity index (χ2v) is 7.68. The van der Waals surface area contributed by atoms with Crippen molar-refractivity contribution in [1.29, 1.82) is 0 Å². The molecule has 7 nitrogen and oxygen atoms in total. The molecule has 8 heteroatoms. The normalized spacial score (nSPS) is 15.9. The minimum atomic E-state index is -3.15. The Morgan fingerprint density at radius 1 is 1.33 bits per heavy atom. The Labute approximate surface area is 141 Å². The van der Waals surface area contributed by atoms with E-state index in [2.05, 4.69) is 23.6 Å². The van der Waals surface area contributed by atoms with Crippen LogP contribution in [0.1, 0.15) is 20.3 Å². The number of allylic oxidation sites excluding steroid dienone is 5. The summed E-state index contributed by atoms with van der Waals surface area (Å²) in [6.45, 7) is 4.56. The summed E-state index contributed by atoms with van der Waals surface area (Å²) in [7, 11) is -3.15. The molecule has 0 amide bonds. The van der Waals surface area contributed by atoms with E-state index in [0.717, 1.165) is 6.42 Å². The van der Waals surface area contributed by atoms with Crippen LogP contribution in [0, 0.1) is 5.92 Å². The van der Waals surface area contributed by atoms with E-state index in [-0.39, 0.29) is 13.1 Å². The van der Waals surface area contributed by atoms with Crippen LogP contribution in [0.25, 0.3) is 0 Å². The predicted octanol–water partition coefficient (Wildman–Crippen LogP) is 2.22. The van der Waals surface area contributed by atoms with Crippen LogP contribution in [0.3, 0.4) is 0 Å². The van der Waals surface area contributed by atoms with Gasteiger partial charge in [-0.3, -0.25) is 23.5 Å². The maximum Gasteiger partial charge on any atom is 0.328 e. The molecule has 0 fully saturated rings. The van der Waals surface area contributed by atoms with Gasteiger partial charge in [0, 0.05) is 25.4 Å². The van der Waals surface area contributed by atoms with E-state index in [1.807, 2.05) is 12.2 Å². The number of aromatic amines is 1. The number of nitrogens with one attached hydrogen (secondary N) is 2. The van der Waals surface area contributed by atoms with Gasteiger partial charge in [-0.05, 0) is 24.5 Å². The first-order valence-electron chi connectivity index (χ1n) is 7.69. The molecule has 0 atom stereocenters. The van der Waals surface area contributed by atoms with Crippen LogP contribution in [0.2, 0.25) is 0 Å². The van der Waals surface area contributed by atoms with Gasteiger partial charge in [0.1, 0.15) is 0 Å². The fourth-order valence-electron chi connectivity index (χ4n) is 2.25. The Balaban J connectivity index is 2.03. The van der Waals surface area contributed by atoms with Gasteiger partial charge in [-0.25, -0.2) is 9.52 Å². The monoisotopic (exact) mass is 353 g/mol. The zero-order chi connectivity index (χ0) is 17.7. The van der Waals surface area contributed by atoms with Gasteiger partial charge in [0.05, 0.1) is 4.91 Å². The fourth-order valence-corrected chi connectivity index (χ4v) is 3.34. The zero-order valence-electron chi connectivity index (χ0n) is 13.7. The Bertz CT molecular complexity index is 787. The van der Waals surface area contributed by atoms with Gasteiger partial charge in [-0.1, -0.05) is 31.6 Å². The van der Waals surface area contributed by atoms with Gasteiger partial charge >= 0.3 is 5.69 Å². The highest BCUT2D eigenvalue weighted by molar-refractivity contribution is 8.26. The molecule has 0 spiro atoms. The maximum atomic E-state index is 11.6. The lowest BCUT2D eigenvalue weighted by atomic mass is 10.0. The van der Waals surface area contributed by atoms with Crippen molar-refractivity contribution in [3.63, 3.8) is 0 Å². The second kappa shape index (κ2) is 7.80. The fraction of sp³-hybridized carbons (Fsp3) is 0.375. The largest absolute Gasteiger partial charge is 0.328 e. The number of aromatic nitrogens is 2. The number of rotatable bonds is 6. The average molecular weight is 353 g/mol. The molecule has 0 saturated heterocycles. The first kappa shape index (κ1) is 18.5. The molecule has 132 valence electrons. The third-order valence-electron chi connectivity index (χ3n) is 3.72. The van der Waals surface area contributed by atoms with Crippen LogP contribution in [-0.2, 0) is 6.54 Å². The minimum absolute atomic E-state index is 0.167. The summed E-state index contributed by atoms with van der Waals surface area (Å²) < 4.78 is 24.6. The third kappa shape index (κ3) is 4.81. The van der Waals surface area contributed by atoms with Crippen molar-refractivity contribution in [3.05, 3.63) is 67.9 Å². The number of hydrogen-bond donors (Lipinski definition) is 4. The summed E-state index contributed by atoms with van der Waals surface area (Å²) in [6.07, 6.45) is 9.40. The molecule has 1 aliphatic rings. The van der Waals surface area contributed by atoms with Crippen molar-refractivity contribution in [2.45, 2.75) is 26.8 Å². The molecule has 24 heavy (non-hydrogen) atoms. The Morgan fingerprint density at radius 2 is 2.08 bits per heavy atom. The van der Waals surface area contributed by atoms with E-state index in [4.69, 9.17) is 0 Å². The SMILES string of the molecule is CC(C)C1=CC=C(S(O)(O)NCCn2ccc(=O)[nH]c2=O)C=CC1. The number of nitrogens with zero attached hydrogens (tertiary/aromatic N) is 1. The zero-order valence-corrected chi connectivity index (χ0v) is 14.5. The molecule has 0 saturated carbocycles.